The van der Waals surface area contributed by atoms with Crippen LogP contribution in [0.4, 0.5) is 0 Å². The van der Waals surface area contributed by atoms with Crippen molar-refractivity contribution in [3.8, 4) is 0 Å². The van der Waals surface area contributed by atoms with Gasteiger partial charge >= 0.3 is 0 Å². The number of carbonyl (C=O) groups is 1. The summed E-state index contributed by atoms with van der Waals surface area (Å²) >= 11 is 0. The van der Waals surface area contributed by atoms with Gasteiger partial charge in [-0.05, 0) is 24.5 Å². The van der Waals surface area contributed by atoms with E-state index in [4.69, 9.17) is 5.11 Å². The second kappa shape index (κ2) is 5.50. The van der Waals surface area contributed by atoms with Gasteiger partial charge in [0.2, 0.25) is 5.91 Å². The summed E-state index contributed by atoms with van der Waals surface area (Å²) < 4.78 is 0. The largest absolute Gasteiger partial charge is 0.392 e. The number of rotatable bonds is 4. The lowest BCUT2D eigenvalue weighted by molar-refractivity contribution is -0.128. The highest BCUT2D eigenvalue weighted by atomic mass is 16.3. The monoisotopic (exact) mass is 248 g/mol. The van der Waals surface area contributed by atoms with Crippen LogP contribution in [0.2, 0.25) is 0 Å². The second-order valence-electron chi connectivity index (χ2n) is 4.89. The number of carbonyl (C=O) groups excluding carboxylic acids is 1. The SMILES string of the molecule is CC(NC1CCN(C)C1=O)c1cccc(CO)c1. The van der Waals surface area contributed by atoms with Crippen molar-refractivity contribution in [1.29, 1.82) is 0 Å². The molecular formula is C14H20N2O2. The van der Waals surface area contributed by atoms with Gasteiger partial charge in [-0.2, -0.15) is 0 Å². The average molecular weight is 248 g/mol. The highest BCUT2D eigenvalue weighted by Gasteiger charge is 2.29. The quantitative estimate of drug-likeness (QED) is 0.837. The summed E-state index contributed by atoms with van der Waals surface area (Å²) in [6.45, 7) is 2.91. The van der Waals surface area contributed by atoms with E-state index in [0.717, 1.165) is 24.1 Å². The minimum absolute atomic E-state index is 0.0473. The lowest BCUT2D eigenvalue weighted by atomic mass is 10.0. The van der Waals surface area contributed by atoms with Gasteiger partial charge in [-0.25, -0.2) is 0 Å². The number of likely N-dealkylation sites (tertiary alicyclic amines) is 1. The van der Waals surface area contributed by atoms with Crippen molar-refractivity contribution >= 4 is 5.91 Å². The minimum atomic E-state index is -0.0808. The summed E-state index contributed by atoms with van der Waals surface area (Å²) in [5, 5.41) is 12.5. The maximum Gasteiger partial charge on any atom is 0.239 e. The standard InChI is InChI=1S/C14H20N2O2/c1-10(12-5-3-4-11(8-12)9-17)15-13-6-7-16(2)14(13)18/h3-5,8,10,13,15,17H,6-7,9H2,1-2H3. The van der Waals surface area contributed by atoms with Gasteiger partial charge in [0.25, 0.3) is 0 Å². The first-order valence-electron chi connectivity index (χ1n) is 6.32. The Labute approximate surface area is 108 Å². The van der Waals surface area contributed by atoms with Crippen molar-refractivity contribution < 1.29 is 9.90 Å². The molecule has 0 aliphatic carbocycles. The topological polar surface area (TPSA) is 52.6 Å². The van der Waals surface area contributed by atoms with Crippen LogP contribution in [0.15, 0.2) is 24.3 Å². The van der Waals surface area contributed by atoms with Crippen LogP contribution in [0, 0.1) is 0 Å². The smallest absolute Gasteiger partial charge is 0.239 e. The fraction of sp³-hybridized carbons (Fsp3) is 0.500. The van der Waals surface area contributed by atoms with Crippen LogP contribution in [0.25, 0.3) is 0 Å². The Hall–Kier alpha value is -1.39. The molecule has 0 radical (unpaired) electrons. The van der Waals surface area contributed by atoms with Gasteiger partial charge in [-0.1, -0.05) is 24.3 Å². The summed E-state index contributed by atoms with van der Waals surface area (Å²) in [4.78, 5) is 13.6. The second-order valence-corrected chi connectivity index (χ2v) is 4.89. The van der Waals surface area contributed by atoms with Gasteiger partial charge < -0.3 is 10.0 Å². The number of benzene rings is 1. The molecule has 0 spiro atoms. The normalized spacial score (nSPS) is 21.4. The molecule has 1 aliphatic rings. The minimum Gasteiger partial charge on any atom is -0.392 e. The molecule has 0 bridgehead atoms. The molecule has 0 aromatic heterocycles. The third-order valence-electron chi connectivity index (χ3n) is 3.51. The van der Waals surface area contributed by atoms with Crippen LogP contribution in [0.3, 0.4) is 0 Å². The Morgan fingerprint density at radius 2 is 2.33 bits per heavy atom. The fourth-order valence-electron chi connectivity index (χ4n) is 2.34. The van der Waals surface area contributed by atoms with E-state index < -0.39 is 0 Å². The predicted octanol–water partition coefficient (Wildman–Crippen LogP) is 1.06. The van der Waals surface area contributed by atoms with Crippen molar-refractivity contribution in [2.24, 2.45) is 0 Å². The van der Waals surface area contributed by atoms with Crippen molar-refractivity contribution in [3.63, 3.8) is 0 Å². The highest BCUT2D eigenvalue weighted by Crippen LogP contribution is 2.18. The van der Waals surface area contributed by atoms with Gasteiger partial charge in [0.15, 0.2) is 0 Å². The van der Waals surface area contributed by atoms with E-state index in [1.807, 2.05) is 38.2 Å². The first-order chi connectivity index (χ1) is 8.61. The molecule has 1 saturated heterocycles. The van der Waals surface area contributed by atoms with Crippen molar-refractivity contribution in [3.05, 3.63) is 35.4 Å². The fourth-order valence-corrected chi connectivity index (χ4v) is 2.34. The molecular weight excluding hydrogens is 228 g/mol. The number of amides is 1. The number of likely N-dealkylation sites (N-methyl/N-ethyl adjacent to an activating group) is 1. The van der Waals surface area contributed by atoms with Gasteiger partial charge in [0.1, 0.15) is 0 Å². The summed E-state index contributed by atoms with van der Waals surface area (Å²) in [5.41, 5.74) is 2.00. The maximum atomic E-state index is 11.8. The third-order valence-corrected chi connectivity index (χ3v) is 3.51. The van der Waals surface area contributed by atoms with Crippen LogP contribution in [-0.2, 0) is 11.4 Å². The Morgan fingerprint density at radius 3 is 2.94 bits per heavy atom. The first-order valence-corrected chi connectivity index (χ1v) is 6.32. The molecule has 1 amide bonds. The Bertz CT molecular complexity index is 434. The number of nitrogens with one attached hydrogen (secondary N) is 1. The van der Waals surface area contributed by atoms with Gasteiger partial charge in [-0.3, -0.25) is 10.1 Å². The van der Waals surface area contributed by atoms with Crippen molar-refractivity contribution in [2.45, 2.75) is 32.0 Å². The molecule has 1 fully saturated rings. The van der Waals surface area contributed by atoms with Crippen molar-refractivity contribution in [1.82, 2.24) is 10.2 Å². The molecule has 4 heteroatoms. The lowest BCUT2D eigenvalue weighted by Gasteiger charge is -2.19. The van der Waals surface area contributed by atoms with E-state index in [2.05, 4.69) is 5.32 Å². The lowest BCUT2D eigenvalue weighted by Crippen LogP contribution is -2.38. The Kier molecular flexibility index (Phi) is 3.99. The molecule has 98 valence electrons. The molecule has 1 aliphatic heterocycles. The van der Waals surface area contributed by atoms with E-state index in [9.17, 15) is 4.79 Å². The molecule has 2 unspecified atom stereocenters. The zero-order valence-electron chi connectivity index (χ0n) is 10.9. The van der Waals surface area contributed by atoms with Crippen LogP contribution < -0.4 is 5.32 Å². The molecule has 2 N–H and O–H groups in total. The third kappa shape index (κ3) is 2.71. The van der Waals surface area contributed by atoms with E-state index in [0.29, 0.717) is 0 Å². The van der Waals surface area contributed by atoms with E-state index in [-0.39, 0.29) is 24.6 Å². The summed E-state index contributed by atoms with van der Waals surface area (Å²) in [5.74, 6) is 0.167. The average Bonchev–Trinajstić information content (AvgIpc) is 2.71. The molecule has 2 rings (SSSR count). The van der Waals surface area contributed by atoms with E-state index >= 15 is 0 Å². The molecule has 18 heavy (non-hydrogen) atoms. The summed E-state index contributed by atoms with van der Waals surface area (Å²) in [6, 6.07) is 7.84. The predicted molar refractivity (Wildman–Crippen MR) is 70.0 cm³/mol. The number of hydrogen-bond acceptors (Lipinski definition) is 3. The number of hydrogen-bond donors (Lipinski definition) is 2. The maximum absolute atomic E-state index is 11.8. The van der Waals surface area contributed by atoms with Gasteiger partial charge in [0, 0.05) is 19.6 Å². The zero-order valence-corrected chi connectivity index (χ0v) is 10.9. The van der Waals surface area contributed by atoms with Gasteiger partial charge in [-0.15, -0.1) is 0 Å². The molecule has 1 aromatic rings. The zero-order chi connectivity index (χ0) is 13.1. The molecule has 4 nitrogen and oxygen atoms in total. The van der Waals surface area contributed by atoms with Crippen LogP contribution in [-0.4, -0.2) is 35.5 Å². The number of nitrogens with zero attached hydrogens (tertiary/aromatic N) is 1. The summed E-state index contributed by atoms with van der Waals surface area (Å²) in [6.07, 6.45) is 0.860. The highest BCUT2D eigenvalue weighted by molar-refractivity contribution is 5.83. The molecule has 1 heterocycles. The van der Waals surface area contributed by atoms with Crippen LogP contribution in [0.1, 0.15) is 30.5 Å². The van der Waals surface area contributed by atoms with E-state index in [1.165, 1.54) is 0 Å². The van der Waals surface area contributed by atoms with Gasteiger partial charge in [0.05, 0.1) is 12.6 Å². The van der Waals surface area contributed by atoms with Crippen molar-refractivity contribution in [2.75, 3.05) is 13.6 Å². The first kappa shape index (κ1) is 13.1. The van der Waals surface area contributed by atoms with Crippen LogP contribution >= 0.6 is 0 Å². The Balaban J connectivity index is 2.03. The Morgan fingerprint density at radius 1 is 1.56 bits per heavy atom. The van der Waals surface area contributed by atoms with E-state index in [1.54, 1.807) is 4.90 Å². The number of aliphatic hydroxyl groups excluding tert-OH is 1. The number of aliphatic hydroxyl groups is 1. The van der Waals surface area contributed by atoms with Crippen LogP contribution in [0.5, 0.6) is 0 Å². The molecule has 1 aromatic carbocycles. The summed E-state index contributed by atoms with van der Waals surface area (Å²) in [7, 11) is 1.83. The molecule has 2 atom stereocenters. The molecule has 0 saturated carbocycles.